The van der Waals surface area contributed by atoms with E-state index in [-0.39, 0.29) is 17.6 Å². The van der Waals surface area contributed by atoms with E-state index in [9.17, 15) is 14.9 Å². The lowest BCUT2D eigenvalue weighted by molar-refractivity contribution is -0.385. The number of hydrogen-bond donors (Lipinski definition) is 1. The van der Waals surface area contributed by atoms with Crippen LogP contribution in [0.15, 0.2) is 22.7 Å². The van der Waals surface area contributed by atoms with Crippen molar-refractivity contribution >= 4 is 27.5 Å². The number of nitrogens with zero attached hydrogens (tertiary/aromatic N) is 1. The number of carbonyl (C=O) groups is 1. The topological polar surface area (TPSA) is 72.2 Å². The van der Waals surface area contributed by atoms with E-state index in [2.05, 4.69) is 28.2 Å². The summed E-state index contributed by atoms with van der Waals surface area (Å²) in [6, 6.07) is 4.58. The fourth-order valence-corrected chi connectivity index (χ4v) is 1.96. The number of nitro benzene ring substituents is 1. The molecular formula is C11H11BrN2O3. The molecule has 6 heteroatoms. The highest BCUT2D eigenvalue weighted by atomic mass is 79.9. The van der Waals surface area contributed by atoms with Crippen LogP contribution in [0, 0.1) is 16.0 Å². The summed E-state index contributed by atoms with van der Waals surface area (Å²) in [7, 11) is 0. The molecule has 1 aromatic rings. The highest BCUT2D eigenvalue weighted by molar-refractivity contribution is 9.10. The van der Waals surface area contributed by atoms with Crippen LogP contribution in [-0.4, -0.2) is 16.9 Å². The molecule has 1 aromatic carbocycles. The van der Waals surface area contributed by atoms with E-state index in [1.54, 1.807) is 6.07 Å². The second-order valence-corrected chi connectivity index (χ2v) is 5.07. The van der Waals surface area contributed by atoms with Gasteiger partial charge in [0.2, 0.25) is 0 Å². The number of rotatable bonds is 3. The third-order valence-electron chi connectivity index (χ3n) is 2.83. The molecule has 2 rings (SSSR count). The Balaban J connectivity index is 2.18. The summed E-state index contributed by atoms with van der Waals surface area (Å²) in [6.45, 7) is 2.05. The molecule has 2 atom stereocenters. The first-order valence-corrected chi connectivity index (χ1v) is 6.03. The van der Waals surface area contributed by atoms with E-state index >= 15 is 0 Å². The van der Waals surface area contributed by atoms with Gasteiger partial charge in [-0.15, -0.1) is 0 Å². The number of benzene rings is 1. The van der Waals surface area contributed by atoms with Gasteiger partial charge in [0, 0.05) is 17.7 Å². The molecule has 0 spiro atoms. The second kappa shape index (κ2) is 4.44. The fourth-order valence-electron chi connectivity index (χ4n) is 1.57. The normalized spacial score (nSPS) is 22.0. The third-order valence-corrected chi connectivity index (χ3v) is 3.50. The molecule has 0 radical (unpaired) electrons. The van der Waals surface area contributed by atoms with Crippen molar-refractivity contribution in [2.75, 3.05) is 0 Å². The van der Waals surface area contributed by atoms with Gasteiger partial charge in [-0.05, 0) is 40.4 Å². The summed E-state index contributed by atoms with van der Waals surface area (Å²) in [5.41, 5.74) is 0.223. The first-order valence-electron chi connectivity index (χ1n) is 5.24. The number of carbonyl (C=O) groups excluding carboxylic acids is 1. The lowest BCUT2D eigenvalue weighted by Crippen LogP contribution is -2.26. The predicted octanol–water partition coefficient (Wildman–Crippen LogP) is 2.50. The van der Waals surface area contributed by atoms with Crippen molar-refractivity contribution in [2.24, 2.45) is 5.92 Å². The lowest BCUT2D eigenvalue weighted by atomic mass is 10.2. The monoisotopic (exact) mass is 298 g/mol. The lowest BCUT2D eigenvalue weighted by Gasteiger charge is -2.04. The Kier molecular flexibility index (Phi) is 3.15. The number of halogens is 1. The molecule has 1 N–H and O–H groups in total. The fraction of sp³-hybridized carbons (Fsp3) is 0.364. The Morgan fingerprint density at radius 1 is 1.59 bits per heavy atom. The smallest absolute Gasteiger partial charge is 0.284 e. The van der Waals surface area contributed by atoms with Crippen LogP contribution in [0.4, 0.5) is 5.69 Å². The Labute approximate surface area is 106 Å². The van der Waals surface area contributed by atoms with Crippen molar-refractivity contribution < 1.29 is 9.72 Å². The Hall–Kier alpha value is -1.43. The van der Waals surface area contributed by atoms with Gasteiger partial charge in [0.15, 0.2) is 0 Å². The standard InChI is InChI=1S/C11H11BrN2O3/c1-6-4-9(6)13-11(15)7-2-3-8(12)10(5-7)14(16)17/h2-3,5-6,9H,4H2,1H3,(H,13,15). The van der Waals surface area contributed by atoms with Gasteiger partial charge in [-0.3, -0.25) is 14.9 Å². The first kappa shape index (κ1) is 12.0. The van der Waals surface area contributed by atoms with Gasteiger partial charge in [-0.25, -0.2) is 0 Å². The van der Waals surface area contributed by atoms with Gasteiger partial charge in [0.1, 0.15) is 0 Å². The van der Waals surface area contributed by atoms with E-state index < -0.39 is 4.92 Å². The van der Waals surface area contributed by atoms with Crippen LogP contribution < -0.4 is 5.32 Å². The van der Waals surface area contributed by atoms with Crippen LogP contribution in [0.3, 0.4) is 0 Å². The molecule has 0 aromatic heterocycles. The number of amides is 1. The van der Waals surface area contributed by atoms with Gasteiger partial charge >= 0.3 is 0 Å². The van der Waals surface area contributed by atoms with Gasteiger partial charge in [-0.1, -0.05) is 6.92 Å². The van der Waals surface area contributed by atoms with Crippen LogP contribution in [0.5, 0.6) is 0 Å². The van der Waals surface area contributed by atoms with E-state index in [0.717, 1.165) is 6.42 Å². The van der Waals surface area contributed by atoms with Crippen LogP contribution in [0.1, 0.15) is 23.7 Å². The molecule has 5 nitrogen and oxygen atoms in total. The van der Waals surface area contributed by atoms with Gasteiger partial charge in [0.05, 0.1) is 9.40 Å². The van der Waals surface area contributed by atoms with E-state index in [4.69, 9.17) is 0 Å². The van der Waals surface area contributed by atoms with E-state index in [1.165, 1.54) is 12.1 Å². The van der Waals surface area contributed by atoms with Crippen LogP contribution in [-0.2, 0) is 0 Å². The van der Waals surface area contributed by atoms with Gasteiger partial charge in [0.25, 0.3) is 11.6 Å². The van der Waals surface area contributed by atoms with Crippen LogP contribution in [0.25, 0.3) is 0 Å². The summed E-state index contributed by atoms with van der Waals surface area (Å²) in [5, 5.41) is 13.6. The second-order valence-electron chi connectivity index (χ2n) is 4.22. The molecule has 90 valence electrons. The minimum absolute atomic E-state index is 0.0958. The first-order chi connectivity index (χ1) is 7.99. The summed E-state index contributed by atoms with van der Waals surface area (Å²) in [4.78, 5) is 22.0. The minimum atomic E-state index is -0.513. The zero-order valence-corrected chi connectivity index (χ0v) is 10.7. The Morgan fingerprint density at radius 3 is 2.76 bits per heavy atom. The number of nitro groups is 1. The molecule has 0 heterocycles. The van der Waals surface area contributed by atoms with Crippen molar-refractivity contribution in [3.8, 4) is 0 Å². The van der Waals surface area contributed by atoms with Crippen molar-refractivity contribution in [1.29, 1.82) is 0 Å². The van der Waals surface area contributed by atoms with Crippen molar-refractivity contribution in [3.05, 3.63) is 38.3 Å². The zero-order valence-electron chi connectivity index (χ0n) is 9.14. The third kappa shape index (κ3) is 2.63. The number of nitrogens with one attached hydrogen (secondary N) is 1. The average Bonchev–Trinajstić information content (AvgIpc) is 2.94. The molecule has 0 aliphatic heterocycles. The summed E-state index contributed by atoms with van der Waals surface area (Å²) < 4.78 is 0.374. The van der Waals surface area contributed by atoms with E-state index in [1.807, 2.05) is 0 Å². The minimum Gasteiger partial charge on any atom is -0.349 e. The van der Waals surface area contributed by atoms with Crippen LogP contribution in [0.2, 0.25) is 0 Å². The van der Waals surface area contributed by atoms with Crippen LogP contribution >= 0.6 is 15.9 Å². The van der Waals surface area contributed by atoms with Gasteiger partial charge in [-0.2, -0.15) is 0 Å². The average molecular weight is 299 g/mol. The maximum atomic E-state index is 11.8. The molecule has 1 aliphatic rings. The Bertz CT molecular complexity index is 490. The molecule has 1 amide bonds. The highest BCUT2D eigenvalue weighted by Crippen LogP contribution is 2.30. The molecule has 1 fully saturated rings. The Morgan fingerprint density at radius 2 is 2.24 bits per heavy atom. The molecular weight excluding hydrogens is 288 g/mol. The molecule has 17 heavy (non-hydrogen) atoms. The summed E-state index contributed by atoms with van der Waals surface area (Å²) >= 11 is 3.08. The largest absolute Gasteiger partial charge is 0.349 e. The molecule has 0 saturated heterocycles. The van der Waals surface area contributed by atoms with Gasteiger partial charge < -0.3 is 5.32 Å². The highest BCUT2D eigenvalue weighted by Gasteiger charge is 2.34. The number of hydrogen-bond acceptors (Lipinski definition) is 3. The molecule has 0 bridgehead atoms. The van der Waals surface area contributed by atoms with Crippen molar-refractivity contribution in [1.82, 2.24) is 5.32 Å². The molecule has 1 saturated carbocycles. The predicted molar refractivity (Wildman–Crippen MR) is 65.8 cm³/mol. The summed E-state index contributed by atoms with van der Waals surface area (Å²) in [5.74, 6) is 0.249. The maximum absolute atomic E-state index is 11.8. The van der Waals surface area contributed by atoms with Crippen molar-refractivity contribution in [2.45, 2.75) is 19.4 Å². The molecule has 1 aliphatic carbocycles. The zero-order chi connectivity index (χ0) is 12.6. The SMILES string of the molecule is CC1CC1NC(=O)c1ccc(Br)c([N+](=O)[O-])c1. The van der Waals surface area contributed by atoms with E-state index in [0.29, 0.717) is 16.0 Å². The van der Waals surface area contributed by atoms with Crippen molar-refractivity contribution in [3.63, 3.8) is 0 Å². The summed E-state index contributed by atoms with van der Waals surface area (Å²) in [6.07, 6.45) is 0.977. The quantitative estimate of drug-likeness (QED) is 0.688. The molecule has 2 unspecified atom stereocenters. The maximum Gasteiger partial charge on any atom is 0.284 e.